The van der Waals surface area contributed by atoms with Gasteiger partial charge in [0.25, 0.3) is 0 Å². The summed E-state index contributed by atoms with van der Waals surface area (Å²) in [6.45, 7) is 3.80. The number of hydrogen-bond acceptors (Lipinski definition) is 8. The van der Waals surface area contributed by atoms with Crippen molar-refractivity contribution in [3.8, 4) is 0 Å². The van der Waals surface area contributed by atoms with Crippen LogP contribution in [0, 0.1) is 11.3 Å². The van der Waals surface area contributed by atoms with Gasteiger partial charge in [0.15, 0.2) is 11.5 Å². The van der Waals surface area contributed by atoms with Crippen molar-refractivity contribution in [2.24, 2.45) is 11.3 Å². The number of rotatable bonds is 14. The molecule has 0 aromatic rings. The summed E-state index contributed by atoms with van der Waals surface area (Å²) in [4.78, 5) is 60.0. The molecule has 0 aliphatic rings. The van der Waals surface area contributed by atoms with Crippen molar-refractivity contribution in [2.45, 2.75) is 58.5 Å². The summed E-state index contributed by atoms with van der Waals surface area (Å²) in [6.07, 6.45) is 0.392. The molecule has 0 aromatic heterocycles. The van der Waals surface area contributed by atoms with Gasteiger partial charge in [-0.25, -0.2) is 4.79 Å². The van der Waals surface area contributed by atoms with Crippen LogP contribution in [0.25, 0.3) is 0 Å². The Hall–Kier alpha value is -2.69. The summed E-state index contributed by atoms with van der Waals surface area (Å²) in [5, 5.41) is 38.7. The molecule has 0 saturated heterocycles. The number of carboxylic acid groups (broad SMARTS) is 3. The summed E-state index contributed by atoms with van der Waals surface area (Å²) >= 11 is 0. The van der Waals surface area contributed by atoms with Gasteiger partial charge in [0, 0.05) is 0 Å². The molecule has 11 heteroatoms. The molecular formula is C18H28O11. The van der Waals surface area contributed by atoms with Gasteiger partial charge >= 0.3 is 29.8 Å². The molecule has 0 bridgehead atoms. The van der Waals surface area contributed by atoms with Crippen LogP contribution in [0.2, 0.25) is 0 Å². The highest BCUT2D eigenvalue weighted by atomic mass is 16.6. The Balaban J connectivity index is 6.39. The molecule has 4 N–H and O–H groups in total. The summed E-state index contributed by atoms with van der Waals surface area (Å²) in [6, 6.07) is 0. The minimum Gasteiger partial charge on any atom is -0.481 e. The highest BCUT2D eigenvalue weighted by Gasteiger charge is 2.67. The largest absolute Gasteiger partial charge is 0.481 e. The van der Waals surface area contributed by atoms with Gasteiger partial charge in [0.1, 0.15) is 5.41 Å². The Labute approximate surface area is 167 Å². The third-order valence-corrected chi connectivity index (χ3v) is 4.60. The van der Waals surface area contributed by atoms with Crippen LogP contribution in [0.1, 0.15) is 52.9 Å². The topological polar surface area (TPSA) is 185 Å². The van der Waals surface area contributed by atoms with E-state index in [-0.39, 0.29) is 13.2 Å². The Morgan fingerprint density at radius 1 is 0.828 bits per heavy atom. The second-order valence-corrected chi connectivity index (χ2v) is 6.72. The van der Waals surface area contributed by atoms with E-state index in [0.717, 1.165) is 0 Å². The van der Waals surface area contributed by atoms with E-state index in [2.05, 4.69) is 0 Å². The van der Waals surface area contributed by atoms with E-state index < -0.39 is 53.2 Å². The molecule has 0 amide bonds. The van der Waals surface area contributed by atoms with Gasteiger partial charge in [0.05, 0.1) is 19.6 Å². The highest BCUT2D eigenvalue weighted by Crippen LogP contribution is 2.43. The molecule has 0 fully saturated rings. The van der Waals surface area contributed by atoms with Gasteiger partial charge in [-0.3, -0.25) is 19.2 Å². The molecule has 0 rings (SSSR count). The fourth-order valence-corrected chi connectivity index (χ4v) is 2.61. The molecule has 0 heterocycles. The van der Waals surface area contributed by atoms with E-state index in [1.165, 1.54) is 0 Å². The summed E-state index contributed by atoms with van der Waals surface area (Å²) in [5.41, 5.74) is -6.60. The van der Waals surface area contributed by atoms with Gasteiger partial charge in [-0.15, -0.1) is 0 Å². The van der Waals surface area contributed by atoms with Gasteiger partial charge in [-0.05, 0) is 19.8 Å². The molecule has 2 unspecified atom stereocenters. The van der Waals surface area contributed by atoms with E-state index in [1.54, 1.807) is 13.8 Å². The standard InChI is InChI=1S/C18H28O11/c1-4-6-8-28-13(21)12(14(22)29-9-7-5-2)17(3,15(23)24)18(27,16(25)26)10-11(19)20/h12,27H,4-10H2,1-3H3,(H,19,20)(H,23,24)(H,25,26). The maximum absolute atomic E-state index is 12.6. The molecule has 0 radical (unpaired) electrons. The zero-order valence-corrected chi connectivity index (χ0v) is 16.7. The Kier molecular flexibility index (Phi) is 10.3. The lowest BCUT2D eigenvalue weighted by atomic mass is 9.63. The van der Waals surface area contributed by atoms with Crippen molar-refractivity contribution in [1.82, 2.24) is 0 Å². The summed E-state index contributed by atoms with van der Waals surface area (Å²) in [7, 11) is 0. The van der Waals surface area contributed by atoms with Crippen LogP contribution in [0.4, 0.5) is 0 Å². The molecule has 2 atom stereocenters. The van der Waals surface area contributed by atoms with Gasteiger partial charge in [0.2, 0.25) is 0 Å². The predicted octanol–water partition coefficient (Wildman–Crippen LogP) is 0.671. The lowest BCUT2D eigenvalue weighted by Crippen LogP contribution is -2.64. The zero-order valence-electron chi connectivity index (χ0n) is 16.7. The van der Waals surface area contributed by atoms with Gasteiger partial charge < -0.3 is 29.9 Å². The van der Waals surface area contributed by atoms with Crippen LogP contribution in [0.3, 0.4) is 0 Å². The molecule has 0 aliphatic heterocycles. The lowest BCUT2D eigenvalue weighted by molar-refractivity contribution is -0.207. The first kappa shape index (κ1) is 26.3. The molecule has 29 heavy (non-hydrogen) atoms. The first-order chi connectivity index (χ1) is 13.4. The number of hydrogen-bond donors (Lipinski definition) is 4. The molecule has 11 nitrogen and oxygen atoms in total. The second kappa shape index (κ2) is 11.3. The van der Waals surface area contributed by atoms with Gasteiger partial charge in [-0.1, -0.05) is 26.7 Å². The molecular weight excluding hydrogens is 392 g/mol. The van der Waals surface area contributed by atoms with E-state index in [4.69, 9.17) is 14.6 Å². The highest BCUT2D eigenvalue weighted by molar-refractivity contribution is 6.04. The molecule has 0 aromatic carbocycles. The summed E-state index contributed by atoms with van der Waals surface area (Å²) in [5.74, 6) is -11.4. The van der Waals surface area contributed by atoms with Crippen LogP contribution in [-0.4, -0.2) is 69.1 Å². The Bertz CT molecular complexity index is 607. The molecule has 0 aliphatic carbocycles. The fourth-order valence-electron chi connectivity index (χ4n) is 2.61. The van der Waals surface area contributed by atoms with Crippen LogP contribution in [-0.2, 0) is 33.4 Å². The first-order valence-electron chi connectivity index (χ1n) is 9.14. The zero-order chi connectivity index (χ0) is 22.8. The number of carbonyl (C=O) groups is 5. The number of carboxylic acids is 3. The average molecular weight is 420 g/mol. The van der Waals surface area contributed by atoms with E-state index in [1.807, 2.05) is 0 Å². The minimum absolute atomic E-state index is 0.186. The van der Waals surface area contributed by atoms with Crippen LogP contribution in [0.15, 0.2) is 0 Å². The van der Waals surface area contributed by atoms with Crippen molar-refractivity contribution >= 4 is 29.8 Å². The number of aliphatic carboxylic acids is 3. The maximum Gasteiger partial charge on any atom is 0.337 e. The normalized spacial score (nSPS) is 15.1. The number of carbonyl (C=O) groups excluding carboxylic acids is 2. The maximum atomic E-state index is 12.6. The van der Waals surface area contributed by atoms with Crippen molar-refractivity contribution in [3.63, 3.8) is 0 Å². The minimum atomic E-state index is -3.51. The molecule has 0 spiro atoms. The van der Waals surface area contributed by atoms with Crippen LogP contribution in [0.5, 0.6) is 0 Å². The van der Waals surface area contributed by atoms with E-state index in [9.17, 15) is 39.3 Å². The first-order valence-corrected chi connectivity index (χ1v) is 9.14. The third kappa shape index (κ3) is 6.14. The number of aliphatic hydroxyl groups is 1. The second-order valence-electron chi connectivity index (χ2n) is 6.72. The van der Waals surface area contributed by atoms with Crippen LogP contribution >= 0.6 is 0 Å². The van der Waals surface area contributed by atoms with Crippen molar-refractivity contribution in [3.05, 3.63) is 0 Å². The van der Waals surface area contributed by atoms with Crippen molar-refractivity contribution in [2.75, 3.05) is 13.2 Å². The van der Waals surface area contributed by atoms with E-state index in [0.29, 0.717) is 32.6 Å². The van der Waals surface area contributed by atoms with E-state index >= 15 is 0 Å². The summed E-state index contributed by atoms with van der Waals surface area (Å²) < 4.78 is 9.79. The third-order valence-electron chi connectivity index (χ3n) is 4.60. The Morgan fingerprint density at radius 3 is 1.52 bits per heavy atom. The van der Waals surface area contributed by atoms with Crippen LogP contribution < -0.4 is 0 Å². The van der Waals surface area contributed by atoms with Crippen molar-refractivity contribution < 1.29 is 53.9 Å². The number of esters is 2. The molecule has 0 saturated carbocycles. The quantitative estimate of drug-likeness (QED) is 0.176. The number of unbranched alkanes of at least 4 members (excludes halogenated alkanes) is 2. The molecule has 166 valence electrons. The lowest BCUT2D eigenvalue weighted by Gasteiger charge is -2.40. The fraction of sp³-hybridized carbons (Fsp3) is 0.722. The monoisotopic (exact) mass is 420 g/mol. The number of ether oxygens (including phenoxy) is 2. The average Bonchev–Trinajstić information content (AvgIpc) is 2.61. The van der Waals surface area contributed by atoms with Gasteiger partial charge in [-0.2, -0.15) is 0 Å². The SMILES string of the molecule is CCCCOC(=O)C(C(=O)OCCCC)C(C)(C(=O)O)C(O)(CC(=O)O)C(=O)O. The predicted molar refractivity (Wildman–Crippen MR) is 95.8 cm³/mol. The smallest absolute Gasteiger partial charge is 0.337 e. The van der Waals surface area contributed by atoms with Crippen molar-refractivity contribution in [1.29, 1.82) is 0 Å². The Morgan fingerprint density at radius 2 is 1.24 bits per heavy atom.